The molecule has 1 saturated heterocycles. The molecule has 1 aliphatic carbocycles. The second-order valence-electron chi connectivity index (χ2n) is 9.04. The van der Waals surface area contributed by atoms with E-state index in [9.17, 15) is 18.4 Å². The lowest BCUT2D eigenvalue weighted by Crippen LogP contribution is -2.52. The minimum atomic E-state index is -2.94. The number of nitrogens with zero attached hydrogens (tertiary/aromatic N) is 3. The highest BCUT2D eigenvalue weighted by atomic mass is 32.1. The van der Waals surface area contributed by atoms with Crippen molar-refractivity contribution in [1.82, 2.24) is 14.8 Å². The summed E-state index contributed by atoms with van der Waals surface area (Å²) in [5.41, 5.74) is 1.28. The first-order chi connectivity index (χ1) is 17.0. The van der Waals surface area contributed by atoms with Gasteiger partial charge in [-0.3, -0.25) is 9.59 Å². The molecule has 2 aromatic carbocycles. The van der Waals surface area contributed by atoms with Crippen LogP contribution in [0.15, 0.2) is 48.5 Å². The van der Waals surface area contributed by atoms with Crippen LogP contribution in [0.25, 0.3) is 10.2 Å². The molecule has 1 aromatic heterocycles. The molecular formula is C26H27F2N3O3S. The van der Waals surface area contributed by atoms with Gasteiger partial charge in [-0.15, -0.1) is 11.3 Å². The molecule has 1 saturated carbocycles. The van der Waals surface area contributed by atoms with Crippen LogP contribution < -0.4 is 4.74 Å². The molecule has 0 bridgehead atoms. The van der Waals surface area contributed by atoms with Gasteiger partial charge >= 0.3 is 6.61 Å². The highest BCUT2D eigenvalue weighted by Gasteiger charge is 2.37. The monoisotopic (exact) mass is 499 g/mol. The first kappa shape index (κ1) is 23.7. The molecular weight excluding hydrogens is 472 g/mol. The quantitative estimate of drug-likeness (QED) is 0.487. The van der Waals surface area contributed by atoms with E-state index in [1.54, 1.807) is 22.3 Å². The van der Waals surface area contributed by atoms with Crippen LogP contribution in [0.5, 0.6) is 5.75 Å². The maximum absolute atomic E-state index is 13.6. The summed E-state index contributed by atoms with van der Waals surface area (Å²) in [5, 5.41) is 1.05. The van der Waals surface area contributed by atoms with Gasteiger partial charge in [0.1, 0.15) is 5.75 Å². The normalized spacial score (nSPS) is 20.9. The van der Waals surface area contributed by atoms with Crippen molar-refractivity contribution in [2.24, 2.45) is 5.92 Å². The highest BCUT2D eigenvalue weighted by molar-refractivity contribution is 7.18. The van der Waals surface area contributed by atoms with Crippen molar-refractivity contribution in [2.45, 2.75) is 38.2 Å². The number of para-hydroxylation sites is 1. The van der Waals surface area contributed by atoms with E-state index in [2.05, 4.69) is 10.8 Å². The van der Waals surface area contributed by atoms with Crippen molar-refractivity contribution in [2.75, 3.05) is 26.2 Å². The van der Waals surface area contributed by atoms with E-state index in [1.165, 1.54) is 18.2 Å². The predicted octanol–water partition coefficient (Wildman–Crippen LogP) is 5.16. The van der Waals surface area contributed by atoms with Gasteiger partial charge < -0.3 is 14.5 Å². The lowest BCUT2D eigenvalue weighted by molar-refractivity contribution is -0.138. The second kappa shape index (κ2) is 10.3. The number of benzene rings is 2. The fourth-order valence-electron chi connectivity index (χ4n) is 5.12. The van der Waals surface area contributed by atoms with E-state index in [4.69, 9.17) is 4.98 Å². The summed E-state index contributed by atoms with van der Waals surface area (Å²) in [7, 11) is 0. The summed E-state index contributed by atoms with van der Waals surface area (Å²) in [6, 6.07) is 13.9. The van der Waals surface area contributed by atoms with Crippen LogP contribution in [0.3, 0.4) is 0 Å². The number of amides is 2. The number of carbonyl (C=O) groups is 2. The van der Waals surface area contributed by atoms with Gasteiger partial charge in [-0.2, -0.15) is 8.78 Å². The molecule has 1 aliphatic heterocycles. The zero-order valence-corrected chi connectivity index (χ0v) is 20.1. The second-order valence-corrected chi connectivity index (χ2v) is 10.1. The van der Waals surface area contributed by atoms with Crippen LogP contribution in [0, 0.1) is 5.92 Å². The van der Waals surface area contributed by atoms with Crippen LogP contribution in [0.1, 0.15) is 47.0 Å². The van der Waals surface area contributed by atoms with Crippen LogP contribution in [0.2, 0.25) is 0 Å². The number of fused-ring (bicyclic) bond motifs is 1. The Bertz CT molecular complexity index is 1180. The fraction of sp³-hybridized carbons (Fsp3) is 0.423. The Balaban J connectivity index is 1.24. The molecule has 184 valence electrons. The third-order valence-corrected chi connectivity index (χ3v) is 8.06. The maximum atomic E-state index is 13.6. The lowest BCUT2D eigenvalue weighted by Gasteiger charge is -2.39. The topological polar surface area (TPSA) is 62.7 Å². The number of alkyl halides is 2. The molecule has 0 N–H and O–H groups in total. The third-order valence-electron chi connectivity index (χ3n) is 6.90. The van der Waals surface area contributed by atoms with Crippen molar-refractivity contribution < 1.29 is 23.1 Å². The minimum absolute atomic E-state index is 0.0437. The highest BCUT2D eigenvalue weighted by Crippen LogP contribution is 2.41. The van der Waals surface area contributed by atoms with Crippen molar-refractivity contribution in [3.63, 3.8) is 0 Å². The molecule has 2 aliphatic rings. The van der Waals surface area contributed by atoms with Gasteiger partial charge in [-0.1, -0.05) is 31.0 Å². The Morgan fingerprint density at radius 2 is 1.71 bits per heavy atom. The van der Waals surface area contributed by atoms with Crippen LogP contribution in [-0.4, -0.2) is 59.4 Å². The van der Waals surface area contributed by atoms with Crippen molar-refractivity contribution in [3.8, 4) is 5.75 Å². The number of halogens is 2. The molecule has 3 aromatic rings. The number of ether oxygens (including phenoxy) is 1. The molecule has 35 heavy (non-hydrogen) atoms. The van der Waals surface area contributed by atoms with Crippen molar-refractivity contribution in [1.29, 1.82) is 0 Å². The number of hydrogen-bond donors (Lipinski definition) is 0. The molecule has 5 rings (SSSR count). The predicted molar refractivity (Wildman–Crippen MR) is 130 cm³/mol. The van der Waals surface area contributed by atoms with Crippen LogP contribution in [0.4, 0.5) is 8.78 Å². The Kier molecular flexibility index (Phi) is 6.95. The number of aromatic nitrogens is 1. The first-order valence-corrected chi connectivity index (χ1v) is 12.8. The van der Waals surface area contributed by atoms with E-state index in [0.717, 1.165) is 40.9 Å². The number of carbonyl (C=O) groups excluding carboxylic acids is 2. The fourth-order valence-corrected chi connectivity index (χ4v) is 6.29. The molecule has 2 atom stereocenters. The number of hydrogen-bond acceptors (Lipinski definition) is 5. The zero-order chi connectivity index (χ0) is 24.4. The molecule has 0 spiro atoms. The number of rotatable bonds is 5. The van der Waals surface area contributed by atoms with Gasteiger partial charge in [0, 0.05) is 43.6 Å². The average molecular weight is 500 g/mol. The minimum Gasteiger partial charge on any atom is -0.435 e. The van der Waals surface area contributed by atoms with Gasteiger partial charge in [0.2, 0.25) is 5.91 Å². The van der Waals surface area contributed by atoms with Crippen LogP contribution >= 0.6 is 11.3 Å². The third kappa shape index (κ3) is 5.15. The molecule has 2 amide bonds. The van der Waals surface area contributed by atoms with Gasteiger partial charge in [-0.25, -0.2) is 4.98 Å². The summed E-state index contributed by atoms with van der Waals surface area (Å²) >= 11 is 1.69. The molecule has 0 radical (unpaired) electrons. The smallest absolute Gasteiger partial charge is 0.387 e. The first-order valence-electron chi connectivity index (χ1n) is 12.0. The van der Waals surface area contributed by atoms with E-state index in [0.29, 0.717) is 31.7 Å². The van der Waals surface area contributed by atoms with E-state index in [1.807, 2.05) is 23.1 Å². The van der Waals surface area contributed by atoms with E-state index in [-0.39, 0.29) is 29.4 Å². The number of piperazine rings is 1. The Morgan fingerprint density at radius 3 is 2.49 bits per heavy atom. The van der Waals surface area contributed by atoms with Crippen molar-refractivity contribution in [3.05, 3.63) is 59.1 Å². The van der Waals surface area contributed by atoms with E-state index < -0.39 is 6.61 Å². The molecule has 2 fully saturated rings. The summed E-state index contributed by atoms with van der Waals surface area (Å²) in [6.07, 6.45) is 3.95. The summed E-state index contributed by atoms with van der Waals surface area (Å²) < 4.78 is 30.6. The largest absolute Gasteiger partial charge is 0.435 e. The van der Waals surface area contributed by atoms with E-state index >= 15 is 0 Å². The molecule has 6 nitrogen and oxygen atoms in total. The Labute approximate surface area is 206 Å². The Morgan fingerprint density at radius 1 is 0.971 bits per heavy atom. The number of thiazole rings is 1. The zero-order valence-electron chi connectivity index (χ0n) is 19.2. The van der Waals surface area contributed by atoms with Crippen LogP contribution in [-0.2, 0) is 4.79 Å². The standard InChI is InChI=1S/C26H27F2N3O3S/c27-26(28)34-18-7-5-6-17(16-18)24(32)30-12-14-31(15-13-30)25(33)20-9-2-1-8-19(20)23-29-21-10-3-4-11-22(21)35-23/h3-7,10-11,16,19-20,26H,1-2,8-9,12-15H2/t19-,20-/m1/s1. The van der Waals surface area contributed by atoms with Gasteiger partial charge in [0.05, 0.1) is 15.2 Å². The molecule has 0 unspecified atom stereocenters. The molecule has 9 heteroatoms. The summed E-state index contributed by atoms with van der Waals surface area (Å²) in [5.74, 6) is -0.103. The van der Waals surface area contributed by atoms with Gasteiger partial charge in [-0.05, 0) is 43.2 Å². The summed E-state index contributed by atoms with van der Waals surface area (Å²) in [4.78, 5) is 34.8. The molecule has 2 heterocycles. The van der Waals surface area contributed by atoms with Crippen molar-refractivity contribution >= 4 is 33.4 Å². The van der Waals surface area contributed by atoms with Gasteiger partial charge in [0.25, 0.3) is 5.91 Å². The Hall–Kier alpha value is -3.07. The lowest BCUT2D eigenvalue weighted by atomic mass is 9.78. The van der Waals surface area contributed by atoms with Gasteiger partial charge in [0.15, 0.2) is 0 Å². The maximum Gasteiger partial charge on any atom is 0.387 e. The summed E-state index contributed by atoms with van der Waals surface area (Å²) in [6.45, 7) is -1.21. The SMILES string of the molecule is O=C(c1cccc(OC(F)F)c1)N1CCN(C(=O)[C@@H]2CCCC[C@H]2c2nc3ccccc3s2)CC1. The average Bonchev–Trinajstić information content (AvgIpc) is 3.32.